The Hall–Kier alpha value is -0.770. The molecule has 0 atom stereocenters. The smallest absolute Gasteiger partial charge is 0.270 e. The first-order chi connectivity index (χ1) is 4.41. The van der Waals surface area contributed by atoms with E-state index in [0.717, 1.165) is 0 Å². The largest absolute Gasteiger partial charge is 0.334 e. The Kier molecular flexibility index (Phi) is 6.61. The van der Waals surface area contributed by atoms with Crippen LogP contribution in [-0.4, -0.2) is 11.7 Å². The van der Waals surface area contributed by atoms with Crippen LogP contribution in [0.5, 0.6) is 0 Å². The monoisotopic (exact) mass is 142 g/mol. The zero-order chi connectivity index (χ0) is 6.95. The predicted octanol–water partition coefficient (Wildman–Crippen LogP) is -0.710. The third kappa shape index (κ3) is 7.23. The average Bonchev–Trinajstić information content (AvgIpc) is 1.89. The van der Waals surface area contributed by atoms with E-state index in [1.807, 2.05) is 0 Å². The topological polar surface area (TPSA) is 92.7 Å². The molecule has 0 saturated heterocycles. The van der Waals surface area contributed by atoms with Crippen LogP contribution in [0.4, 0.5) is 0 Å². The molecule has 0 aromatic heterocycles. The summed E-state index contributed by atoms with van der Waals surface area (Å²) >= 11 is 0. The van der Waals surface area contributed by atoms with E-state index >= 15 is 0 Å². The summed E-state index contributed by atoms with van der Waals surface area (Å²) in [6, 6.07) is 0. The molecule has 0 spiro atoms. The highest BCUT2D eigenvalue weighted by atomic mass is 17.9. The molecule has 0 rings (SSSR count). The molecular formula is CH2O8. The van der Waals surface area contributed by atoms with Crippen LogP contribution in [0.25, 0.3) is 0 Å². The van der Waals surface area contributed by atoms with Crippen LogP contribution in [0.1, 0.15) is 0 Å². The minimum atomic E-state index is -0.0802. The van der Waals surface area contributed by atoms with Gasteiger partial charge in [0.05, 0.1) is 0 Å². The first kappa shape index (κ1) is 8.23. The zero-order valence-electron chi connectivity index (χ0n) is 3.88. The van der Waals surface area contributed by atoms with Gasteiger partial charge in [0.15, 0.2) is 0 Å². The maximum Gasteiger partial charge on any atom is 0.334 e. The number of rotatable bonds is 6. The van der Waals surface area contributed by atoms with E-state index in [1.54, 1.807) is 0 Å². The van der Waals surface area contributed by atoms with Gasteiger partial charge in [0.2, 0.25) is 0 Å². The second-order valence-corrected chi connectivity index (χ2v) is 0.539. The van der Waals surface area contributed by atoms with E-state index in [1.165, 1.54) is 0 Å². The molecule has 9 heavy (non-hydrogen) atoms. The van der Waals surface area contributed by atoms with Crippen molar-refractivity contribution < 1.29 is 40.1 Å². The van der Waals surface area contributed by atoms with Crippen molar-refractivity contribution in [2.24, 2.45) is 0 Å². The Labute approximate surface area is 48.0 Å². The fraction of sp³-hybridized carbons (Fsp3) is 0. The van der Waals surface area contributed by atoms with Gasteiger partial charge in [-0.15, -0.1) is 0 Å². The van der Waals surface area contributed by atoms with Crippen molar-refractivity contribution in [3.8, 4) is 0 Å². The molecule has 8 heteroatoms. The third-order valence-electron chi connectivity index (χ3n) is 0.192. The number of hydrogen-bond donors (Lipinski definition) is 1. The van der Waals surface area contributed by atoms with Gasteiger partial charge in [-0.05, 0) is 10.1 Å². The fourth-order valence-corrected chi connectivity index (χ4v) is 0.0672. The highest BCUT2D eigenvalue weighted by Gasteiger charge is 1.88. The van der Waals surface area contributed by atoms with Gasteiger partial charge in [-0.2, -0.15) is 0 Å². The van der Waals surface area contributed by atoms with Crippen molar-refractivity contribution >= 4 is 6.47 Å². The van der Waals surface area contributed by atoms with E-state index in [4.69, 9.17) is 5.26 Å². The summed E-state index contributed by atoms with van der Waals surface area (Å²) in [5, 5.41) is 23.4. The van der Waals surface area contributed by atoms with Crippen LogP contribution >= 0.6 is 0 Å². The van der Waals surface area contributed by atoms with Crippen LogP contribution in [0.15, 0.2) is 0 Å². The molecule has 0 aliphatic rings. The molecule has 0 aromatic carbocycles. The molecule has 0 amide bonds. The number of hydrogen-bond acceptors (Lipinski definition) is 8. The Morgan fingerprint density at radius 3 is 2.33 bits per heavy atom. The molecule has 0 aliphatic heterocycles. The summed E-state index contributed by atoms with van der Waals surface area (Å²) in [6.07, 6.45) is 0. The van der Waals surface area contributed by atoms with Crippen LogP contribution in [0.3, 0.4) is 0 Å². The maximum atomic E-state index is 9.23. The molecule has 0 unspecified atom stereocenters. The molecule has 1 N–H and O–H groups in total. The molecule has 0 bridgehead atoms. The minimum Gasteiger partial charge on any atom is -0.270 e. The van der Waals surface area contributed by atoms with E-state index in [2.05, 4.69) is 30.1 Å². The molecular weight excluding hydrogens is 140 g/mol. The minimum absolute atomic E-state index is 0.0802. The molecule has 0 aliphatic carbocycles. The molecule has 0 heterocycles. The highest BCUT2D eigenvalue weighted by Crippen LogP contribution is 1.81. The van der Waals surface area contributed by atoms with Crippen molar-refractivity contribution in [3.63, 3.8) is 0 Å². The van der Waals surface area contributed by atoms with Gasteiger partial charge in [0, 0.05) is 15.1 Å². The lowest BCUT2D eigenvalue weighted by atomic mass is 11.7. The highest BCUT2D eigenvalue weighted by molar-refractivity contribution is 5.35. The van der Waals surface area contributed by atoms with Gasteiger partial charge in [0.1, 0.15) is 0 Å². The summed E-state index contributed by atoms with van der Waals surface area (Å²) in [6.45, 7) is -0.0802. The van der Waals surface area contributed by atoms with Crippen molar-refractivity contribution in [2.45, 2.75) is 0 Å². The summed E-state index contributed by atoms with van der Waals surface area (Å²) < 4.78 is 0. The SMILES string of the molecule is O=COOOOOOO. The lowest BCUT2D eigenvalue weighted by Crippen LogP contribution is -1.97. The van der Waals surface area contributed by atoms with E-state index in [9.17, 15) is 4.79 Å². The van der Waals surface area contributed by atoms with Crippen molar-refractivity contribution in [3.05, 3.63) is 0 Å². The van der Waals surface area contributed by atoms with Crippen molar-refractivity contribution in [1.82, 2.24) is 0 Å². The van der Waals surface area contributed by atoms with Gasteiger partial charge in [-0.3, -0.25) is 9.68 Å². The Morgan fingerprint density at radius 1 is 1.11 bits per heavy atom. The van der Waals surface area contributed by atoms with Gasteiger partial charge in [-0.1, -0.05) is 0 Å². The van der Waals surface area contributed by atoms with Crippen molar-refractivity contribution in [2.75, 3.05) is 0 Å². The summed E-state index contributed by atoms with van der Waals surface area (Å²) in [7, 11) is 0. The zero-order valence-corrected chi connectivity index (χ0v) is 3.88. The molecule has 0 radical (unpaired) electrons. The van der Waals surface area contributed by atoms with Crippen LogP contribution in [0.2, 0.25) is 0 Å². The second-order valence-electron chi connectivity index (χ2n) is 0.539. The normalized spacial score (nSPS) is 9.00. The van der Waals surface area contributed by atoms with E-state index in [-0.39, 0.29) is 6.47 Å². The Morgan fingerprint density at radius 2 is 1.78 bits per heavy atom. The molecule has 54 valence electrons. The predicted molar refractivity (Wildman–Crippen MR) is 15.2 cm³/mol. The maximum absolute atomic E-state index is 9.23. The van der Waals surface area contributed by atoms with Gasteiger partial charge >= 0.3 is 6.47 Å². The fourth-order valence-electron chi connectivity index (χ4n) is 0.0672. The first-order valence-electron chi connectivity index (χ1n) is 1.49. The lowest BCUT2D eigenvalue weighted by Gasteiger charge is -1.91. The van der Waals surface area contributed by atoms with Crippen LogP contribution < -0.4 is 0 Å². The third-order valence-corrected chi connectivity index (χ3v) is 0.192. The van der Waals surface area contributed by atoms with Gasteiger partial charge in [0.25, 0.3) is 0 Å². The quantitative estimate of drug-likeness (QED) is 0.225. The summed E-state index contributed by atoms with van der Waals surface area (Å²) in [5.74, 6) is 0. The van der Waals surface area contributed by atoms with E-state index in [0.29, 0.717) is 0 Å². The second kappa shape index (κ2) is 7.23. The number of carbonyl (C=O) groups excluding carboxylic acids is 1. The Bertz CT molecular complexity index is 59.6. The molecule has 0 saturated carbocycles. The van der Waals surface area contributed by atoms with Crippen LogP contribution in [0, 0.1) is 0 Å². The summed E-state index contributed by atoms with van der Waals surface area (Å²) in [5.41, 5.74) is 0. The van der Waals surface area contributed by atoms with Gasteiger partial charge < -0.3 is 0 Å². The standard InChI is InChI=1S/CH2O8/c2-1-4-6-8-9-7-5-3/h1,3H. The molecule has 0 fully saturated rings. The Balaban J connectivity index is 2.66. The molecule has 8 nitrogen and oxygen atoms in total. The first-order valence-corrected chi connectivity index (χ1v) is 1.49. The lowest BCUT2D eigenvalue weighted by molar-refractivity contribution is -0.781. The van der Waals surface area contributed by atoms with Crippen molar-refractivity contribution in [1.29, 1.82) is 0 Å². The molecule has 0 aromatic rings. The van der Waals surface area contributed by atoms with E-state index < -0.39 is 0 Å². The summed E-state index contributed by atoms with van der Waals surface area (Å²) in [4.78, 5) is 12.7. The average molecular weight is 142 g/mol. The van der Waals surface area contributed by atoms with Gasteiger partial charge in [-0.25, -0.2) is 5.26 Å². The van der Waals surface area contributed by atoms with Crippen LogP contribution in [-0.2, 0) is 34.9 Å². The number of carbonyl (C=O) groups is 1.